The summed E-state index contributed by atoms with van der Waals surface area (Å²) in [5, 5.41) is 0.799. The molecule has 1 aliphatic rings. The molecule has 128 valence electrons. The molecule has 0 aromatic heterocycles. The Hall–Kier alpha value is -0.765. The third-order valence-corrected chi connectivity index (χ3v) is 6.01. The van der Waals surface area contributed by atoms with Gasteiger partial charge in [-0.3, -0.25) is 0 Å². The maximum Gasteiger partial charge on any atom is 0.498 e. The zero-order valence-corrected chi connectivity index (χ0v) is 16.4. The van der Waals surface area contributed by atoms with Gasteiger partial charge in [0.2, 0.25) is 0 Å². The van der Waals surface area contributed by atoms with Crippen LogP contribution in [0.4, 0.5) is 0 Å². The number of hydrogen-bond acceptors (Lipinski definition) is 4. The molecule has 0 saturated carbocycles. The summed E-state index contributed by atoms with van der Waals surface area (Å²) in [6.07, 6.45) is 0.0134. The molecular formula is C17H28BO4P. The Morgan fingerprint density at radius 1 is 1.09 bits per heavy atom. The van der Waals surface area contributed by atoms with Crippen LogP contribution < -0.4 is 15.5 Å². The lowest BCUT2D eigenvalue weighted by atomic mass is 9.78. The van der Waals surface area contributed by atoms with E-state index < -0.39 is 25.5 Å². The lowest BCUT2D eigenvalue weighted by Gasteiger charge is -2.32. The molecule has 6 heteroatoms. The summed E-state index contributed by atoms with van der Waals surface area (Å²) < 4.78 is 30.6. The van der Waals surface area contributed by atoms with Crippen LogP contribution in [0, 0.1) is 0 Å². The van der Waals surface area contributed by atoms with Crippen LogP contribution in [0.15, 0.2) is 18.2 Å². The summed E-state index contributed by atoms with van der Waals surface area (Å²) in [7, 11) is -2.84. The Labute approximate surface area is 140 Å². The molecule has 0 atom stereocenters. The molecule has 1 saturated heterocycles. The van der Waals surface area contributed by atoms with E-state index in [0.717, 1.165) is 10.8 Å². The maximum absolute atomic E-state index is 12.4. The topological polar surface area (TPSA) is 44.8 Å². The van der Waals surface area contributed by atoms with Crippen molar-refractivity contribution in [3.63, 3.8) is 0 Å². The first-order valence-corrected chi connectivity index (χ1v) is 10.7. The molecule has 0 amide bonds. The van der Waals surface area contributed by atoms with E-state index in [4.69, 9.17) is 14.0 Å². The molecular weight excluding hydrogens is 310 g/mol. The first-order chi connectivity index (χ1) is 10.3. The molecule has 0 aliphatic carbocycles. The average Bonchev–Trinajstić information content (AvgIpc) is 2.56. The molecule has 0 N–H and O–H groups in total. The van der Waals surface area contributed by atoms with E-state index in [0.29, 0.717) is 5.75 Å². The van der Waals surface area contributed by atoms with Gasteiger partial charge in [0.15, 0.2) is 0 Å². The third-order valence-electron chi connectivity index (χ3n) is 4.49. The predicted molar refractivity (Wildman–Crippen MR) is 97.0 cm³/mol. The lowest BCUT2D eigenvalue weighted by Crippen LogP contribution is -2.41. The molecule has 1 fully saturated rings. The van der Waals surface area contributed by atoms with Crippen molar-refractivity contribution in [3.8, 4) is 5.75 Å². The molecule has 23 heavy (non-hydrogen) atoms. The molecule has 1 aromatic rings. The molecule has 2 rings (SSSR count). The van der Waals surface area contributed by atoms with Crippen LogP contribution in [0.5, 0.6) is 5.75 Å². The second-order valence-corrected chi connectivity index (χ2v) is 11.0. The van der Waals surface area contributed by atoms with Gasteiger partial charge >= 0.3 is 7.12 Å². The van der Waals surface area contributed by atoms with E-state index in [2.05, 4.69) is 0 Å². The van der Waals surface area contributed by atoms with Crippen molar-refractivity contribution >= 4 is 25.0 Å². The van der Waals surface area contributed by atoms with E-state index in [9.17, 15) is 4.57 Å². The zero-order valence-electron chi connectivity index (χ0n) is 15.5. The van der Waals surface area contributed by atoms with Gasteiger partial charge in [0.1, 0.15) is 12.9 Å². The monoisotopic (exact) mass is 338 g/mol. The van der Waals surface area contributed by atoms with Crippen LogP contribution in [0.1, 0.15) is 41.5 Å². The second-order valence-electron chi connectivity index (χ2n) is 7.83. The van der Waals surface area contributed by atoms with Gasteiger partial charge in [0, 0.05) is 10.8 Å². The van der Waals surface area contributed by atoms with Gasteiger partial charge < -0.3 is 18.6 Å². The van der Waals surface area contributed by atoms with E-state index in [-0.39, 0.29) is 6.10 Å². The number of benzene rings is 1. The van der Waals surface area contributed by atoms with E-state index in [1.807, 2.05) is 59.7 Å². The van der Waals surface area contributed by atoms with Crippen LogP contribution in [0.2, 0.25) is 0 Å². The number of hydrogen-bond donors (Lipinski definition) is 0. The SMILES string of the molecule is CC(C)Oc1cc(P(C)(C)=O)ccc1B1OC(C)(C)C(C)(C)O1. The smallest absolute Gasteiger partial charge is 0.491 e. The summed E-state index contributed by atoms with van der Waals surface area (Å²) in [4.78, 5) is 0. The van der Waals surface area contributed by atoms with E-state index >= 15 is 0 Å². The Kier molecular flexibility index (Phi) is 4.80. The van der Waals surface area contributed by atoms with Crippen molar-refractivity contribution in [2.75, 3.05) is 13.3 Å². The van der Waals surface area contributed by atoms with E-state index in [1.54, 1.807) is 13.3 Å². The van der Waals surface area contributed by atoms with Gasteiger partial charge in [-0.1, -0.05) is 12.1 Å². The van der Waals surface area contributed by atoms with Crippen molar-refractivity contribution < 1.29 is 18.6 Å². The van der Waals surface area contributed by atoms with Crippen molar-refractivity contribution in [3.05, 3.63) is 18.2 Å². The van der Waals surface area contributed by atoms with Gasteiger partial charge in [0.25, 0.3) is 0 Å². The van der Waals surface area contributed by atoms with Gasteiger partial charge in [-0.25, -0.2) is 0 Å². The standard InChI is InChI=1S/C17H28BO4P/c1-12(2)20-15-11-13(23(7,8)19)9-10-14(15)18-21-16(3,4)17(5,6)22-18/h9-12H,1-8H3. The van der Waals surface area contributed by atoms with Crippen LogP contribution in [-0.2, 0) is 13.9 Å². The summed E-state index contributed by atoms with van der Waals surface area (Å²) >= 11 is 0. The van der Waals surface area contributed by atoms with Gasteiger partial charge in [-0.2, -0.15) is 0 Å². The Morgan fingerprint density at radius 2 is 1.61 bits per heavy atom. The molecule has 4 nitrogen and oxygen atoms in total. The fourth-order valence-electron chi connectivity index (χ4n) is 2.38. The Balaban J connectivity index is 2.45. The normalized spacial score (nSPS) is 20.1. The predicted octanol–water partition coefficient (Wildman–Crippen LogP) is 3.02. The van der Waals surface area contributed by atoms with Crippen LogP contribution in [0.25, 0.3) is 0 Å². The van der Waals surface area contributed by atoms with Gasteiger partial charge in [-0.05, 0) is 60.9 Å². The molecule has 1 aromatic carbocycles. The fourth-order valence-corrected chi connectivity index (χ4v) is 3.24. The average molecular weight is 338 g/mol. The fraction of sp³-hybridized carbons (Fsp3) is 0.647. The van der Waals surface area contributed by atoms with Crippen LogP contribution >= 0.6 is 7.14 Å². The quantitative estimate of drug-likeness (QED) is 0.625. The highest BCUT2D eigenvalue weighted by Gasteiger charge is 2.52. The number of ether oxygens (including phenoxy) is 1. The molecule has 0 spiro atoms. The summed E-state index contributed by atoms with van der Waals surface area (Å²) in [6.45, 7) is 15.6. The second kappa shape index (κ2) is 5.95. The molecule has 0 radical (unpaired) electrons. The Bertz CT molecular complexity index is 617. The van der Waals surface area contributed by atoms with Crippen LogP contribution in [0.3, 0.4) is 0 Å². The van der Waals surface area contributed by atoms with Crippen molar-refractivity contribution in [2.24, 2.45) is 0 Å². The van der Waals surface area contributed by atoms with Crippen LogP contribution in [-0.4, -0.2) is 37.8 Å². The first-order valence-electron chi connectivity index (χ1n) is 8.05. The maximum atomic E-state index is 12.4. The minimum absolute atomic E-state index is 0.0134. The summed E-state index contributed by atoms with van der Waals surface area (Å²) in [6, 6.07) is 5.66. The minimum atomic E-state index is -2.35. The Morgan fingerprint density at radius 3 is 2.04 bits per heavy atom. The molecule has 0 unspecified atom stereocenters. The zero-order chi connectivity index (χ0) is 17.6. The number of rotatable bonds is 4. The lowest BCUT2D eigenvalue weighted by molar-refractivity contribution is 0.00578. The highest BCUT2D eigenvalue weighted by atomic mass is 31.2. The molecule has 1 aliphatic heterocycles. The summed E-state index contributed by atoms with van der Waals surface area (Å²) in [5.41, 5.74) is 0.0292. The van der Waals surface area contributed by atoms with Gasteiger partial charge in [0.05, 0.1) is 17.3 Å². The molecule has 1 heterocycles. The summed E-state index contributed by atoms with van der Waals surface area (Å²) in [5.74, 6) is 0.680. The highest BCUT2D eigenvalue weighted by molar-refractivity contribution is 7.70. The largest absolute Gasteiger partial charge is 0.498 e. The highest BCUT2D eigenvalue weighted by Crippen LogP contribution is 2.38. The van der Waals surface area contributed by atoms with Crippen molar-refractivity contribution in [2.45, 2.75) is 58.8 Å². The minimum Gasteiger partial charge on any atom is -0.491 e. The molecule has 0 bridgehead atoms. The third kappa shape index (κ3) is 3.84. The first kappa shape index (κ1) is 18.6. The van der Waals surface area contributed by atoms with Gasteiger partial charge in [-0.15, -0.1) is 0 Å². The van der Waals surface area contributed by atoms with E-state index in [1.165, 1.54) is 0 Å². The van der Waals surface area contributed by atoms with Crippen molar-refractivity contribution in [1.82, 2.24) is 0 Å². The van der Waals surface area contributed by atoms with Crippen molar-refractivity contribution in [1.29, 1.82) is 0 Å².